The Morgan fingerprint density at radius 2 is 2.19 bits per heavy atom. The predicted octanol–water partition coefficient (Wildman–Crippen LogP) is 0.487. The zero-order valence-electron chi connectivity index (χ0n) is 12.1. The maximum Gasteiger partial charge on any atom is 0.317 e. The van der Waals surface area contributed by atoms with Gasteiger partial charge >= 0.3 is 6.03 Å². The van der Waals surface area contributed by atoms with Gasteiger partial charge in [-0.25, -0.2) is 9.78 Å². The molecular weight excluding hydrogens is 270 g/mol. The van der Waals surface area contributed by atoms with Crippen molar-refractivity contribution in [1.82, 2.24) is 20.2 Å². The largest absolute Gasteiger partial charge is 0.376 e. The third-order valence-electron chi connectivity index (χ3n) is 3.95. The maximum atomic E-state index is 12.1. The fourth-order valence-corrected chi connectivity index (χ4v) is 2.71. The predicted molar refractivity (Wildman–Crippen MR) is 78.2 cm³/mol. The van der Waals surface area contributed by atoms with Gasteiger partial charge in [0.05, 0.1) is 12.3 Å². The molecule has 7 nitrogen and oxygen atoms in total. The lowest BCUT2D eigenvalue weighted by Crippen LogP contribution is -2.52. The first-order chi connectivity index (χ1) is 10.3. The van der Waals surface area contributed by atoms with Crippen LogP contribution in [0.3, 0.4) is 0 Å². The van der Waals surface area contributed by atoms with Gasteiger partial charge in [-0.05, 0) is 12.8 Å². The van der Waals surface area contributed by atoms with E-state index in [0.29, 0.717) is 19.6 Å². The molecule has 3 heterocycles. The number of hydrogen-bond acceptors (Lipinski definition) is 5. The van der Waals surface area contributed by atoms with Gasteiger partial charge in [0.25, 0.3) is 0 Å². The molecule has 0 unspecified atom stereocenters. The van der Waals surface area contributed by atoms with Crippen LogP contribution in [-0.4, -0.2) is 66.3 Å². The molecule has 21 heavy (non-hydrogen) atoms. The van der Waals surface area contributed by atoms with E-state index in [1.807, 2.05) is 4.90 Å². The summed E-state index contributed by atoms with van der Waals surface area (Å²) >= 11 is 0. The van der Waals surface area contributed by atoms with E-state index in [-0.39, 0.29) is 12.1 Å². The lowest BCUT2D eigenvalue weighted by atomic mass is 10.2. The second kappa shape index (κ2) is 6.71. The minimum Gasteiger partial charge on any atom is -0.376 e. The maximum absolute atomic E-state index is 12.1. The Bertz CT molecular complexity index is 456. The summed E-state index contributed by atoms with van der Waals surface area (Å²) in [5.74, 6) is 0.872. The average molecular weight is 291 g/mol. The standard InChI is InChI=1S/C14H21N5O2/c20-14(17-10-12-2-1-9-21-12)19-7-5-18(6-8-19)13-11-15-3-4-16-13/h3-4,11-12H,1-2,5-10H2,(H,17,20)/t12-/m0/s1. The Morgan fingerprint density at radius 3 is 2.86 bits per heavy atom. The molecule has 0 aliphatic carbocycles. The second-order valence-corrected chi connectivity index (χ2v) is 5.36. The van der Waals surface area contributed by atoms with Crippen LogP contribution in [0.25, 0.3) is 0 Å². The first kappa shape index (κ1) is 14.1. The molecule has 2 aliphatic heterocycles. The van der Waals surface area contributed by atoms with Gasteiger partial charge in [-0.15, -0.1) is 0 Å². The third-order valence-corrected chi connectivity index (χ3v) is 3.95. The second-order valence-electron chi connectivity index (χ2n) is 5.36. The van der Waals surface area contributed by atoms with E-state index >= 15 is 0 Å². The van der Waals surface area contributed by atoms with Gasteiger partial charge in [-0.2, -0.15) is 0 Å². The lowest BCUT2D eigenvalue weighted by molar-refractivity contribution is 0.108. The molecule has 0 radical (unpaired) electrons. The van der Waals surface area contributed by atoms with Crippen molar-refractivity contribution in [2.24, 2.45) is 0 Å². The summed E-state index contributed by atoms with van der Waals surface area (Å²) in [4.78, 5) is 24.5. The SMILES string of the molecule is O=C(NC[C@@H]1CCCO1)N1CCN(c2cnccn2)CC1. The highest BCUT2D eigenvalue weighted by atomic mass is 16.5. The molecule has 1 atom stereocenters. The molecule has 2 saturated heterocycles. The van der Waals surface area contributed by atoms with Crippen LogP contribution < -0.4 is 10.2 Å². The topological polar surface area (TPSA) is 70.6 Å². The van der Waals surface area contributed by atoms with Gasteiger partial charge in [-0.1, -0.05) is 0 Å². The quantitative estimate of drug-likeness (QED) is 0.877. The Kier molecular flexibility index (Phi) is 4.49. The molecule has 0 saturated carbocycles. The number of nitrogens with one attached hydrogen (secondary N) is 1. The summed E-state index contributed by atoms with van der Waals surface area (Å²) < 4.78 is 5.51. The highest BCUT2D eigenvalue weighted by Crippen LogP contribution is 2.12. The Hall–Kier alpha value is -1.89. The number of aromatic nitrogens is 2. The van der Waals surface area contributed by atoms with Gasteiger partial charge in [0.1, 0.15) is 5.82 Å². The summed E-state index contributed by atoms with van der Waals surface area (Å²) in [5.41, 5.74) is 0. The molecular formula is C14H21N5O2. The highest BCUT2D eigenvalue weighted by Gasteiger charge is 2.23. The van der Waals surface area contributed by atoms with Crippen molar-refractivity contribution >= 4 is 11.8 Å². The van der Waals surface area contributed by atoms with E-state index in [1.54, 1.807) is 18.6 Å². The van der Waals surface area contributed by atoms with E-state index in [9.17, 15) is 4.79 Å². The minimum atomic E-state index is 0.00398. The fourth-order valence-electron chi connectivity index (χ4n) is 2.71. The zero-order chi connectivity index (χ0) is 14.5. The first-order valence-electron chi connectivity index (χ1n) is 7.48. The number of rotatable bonds is 3. The Labute approximate surface area is 124 Å². The van der Waals surface area contributed by atoms with E-state index in [0.717, 1.165) is 38.4 Å². The molecule has 7 heteroatoms. The summed E-state index contributed by atoms with van der Waals surface area (Å²) in [7, 11) is 0. The van der Waals surface area contributed by atoms with Crippen molar-refractivity contribution in [3.05, 3.63) is 18.6 Å². The van der Waals surface area contributed by atoms with Crippen LogP contribution in [0.2, 0.25) is 0 Å². The van der Waals surface area contributed by atoms with Crippen molar-refractivity contribution < 1.29 is 9.53 Å². The Morgan fingerprint density at radius 1 is 1.33 bits per heavy atom. The van der Waals surface area contributed by atoms with Gasteiger partial charge in [0.15, 0.2) is 0 Å². The van der Waals surface area contributed by atoms with E-state index in [2.05, 4.69) is 20.2 Å². The van der Waals surface area contributed by atoms with Gasteiger partial charge in [-0.3, -0.25) is 4.98 Å². The van der Waals surface area contributed by atoms with Crippen LogP contribution in [-0.2, 0) is 4.74 Å². The van der Waals surface area contributed by atoms with Gasteiger partial charge < -0.3 is 19.9 Å². The number of carbonyl (C=O) groups excluding carboxylic acids is 1. The summed E-state index contributed by atoms with van der Waals surface area (Å²) in [5, 5.41) is 2.96. The molecule has 1 aromatic rings. The molecule has 114 valence electrons. The normalized spacial score (nSPS) is 22.4. The molecule has 0 aromatic carbocycles. The van der Waals surface area contributed by atoms with E-state index in [4.69, 9.17) is 4.74 Å². The number of urea groups is 1. The summed E-state index contributed by atoms with van der Waals surface area (Å²) in [6, 6.07) is 0.00398. The van der Waals surface area contributed by atoms with Gasteiger partial charge in [0.2, 0.25) is 0 Å². The first-order valence-corrected chi connectivity index (χ1v) is 7.48. The average Bonchev–Trinajstić information content (AvgIpc) is 3.07. The third kappa shape index (κ3) is 3.60. The van der Waals surface area contributed by atoms with Crippen LogP contribution in [0.4, 0.5) is 10.6 Å². The number of ether oxygens (including phenoxy) is 1. The number of hydrogen-bond donors (Lipinski definition) is 1. The molecule has 0 spiro atoms. The van der Waals surface area contributed by atoms with E-state index in [1.165, 1.54) is 0 Å². The Balaban J connectivity index is 1.43. The van der Waals surface area contributed by atoms with Crippen LogP contribution in [0.5, 0.6) is 0 Å². The molecule has 3 rings (SSSR count). The van der Waals surface area contributed by atoms with Crippen LogP contribution in [0.1, 0.15) is 12.8 Å². The van der Waals surface area contributed by atoms with Crippen LogP contribution in [0, 0.1) is 0 Å². The molecule has 2 aliphatic rings. The van der Waals surface area contributed by atoms with Gasteiger partial charge in [0, 0.05) is 51.7 Å². The number of nitrogens with zero attached hydrogens (tertiary/aromatic N) is 4. The lowest BCUT2D eigenvalue weighted by Gasteiger charge is -2.35. The molecule has 0 bridgehead atoms. The monoisotopic (exact) mass is 291 g/mol. The van der Waals surface area contributed by atoms with Crippen molar-refractivity contribution in [3.63, 3.8) is 0 Å². The molecule has 1 aromatic heterocycles. The van der Waals surface area contributed by atoms with Crippen LogP contribution >= 0.6 is 0 Å². The molecule has 1 N–H and O–H groups in total. The highest BCUT2D eigenvalue weighted by molar-refractivity contribution is 5.74. The molecule has 2 fully saturated rings. The zero-order valence-corrected chi connectivity index (χ0v) is 12.1. The number of anilines is 1. The number of amides is 2. The summed E-state index contributed by atoms with van der Waals surface area (Å²) in [6.07, 6.45) is 7.44. The smallest absolute Gasteiger partial charge is 0.317 e. The number of piperazine rings is 1. The number of carbonyl (C=O) groups is 1. The summed E-state index contributed by atoms with van der Waals surface area (Å²) in [6.45, 7) is 4.40. The van der Waals surface area contributed by atoms with Crippen molar-refractivity contribution in [2.45, 2.75) is 18.9 Å². The van der Waals surface area contributed by atoms with Crippen LogP contribution in [0.15, 0.2) is 18.6 Å². The molecule has 2 amide bonds. The van der Waals surface area contributed by atoms with Crippen molar-refractivity contribution in [1.29, 1.82) is 0 Å². The van der Waals surface area contributed by atoms with Crippen molar-refractivity contribution in [3.8, 4) is 0 Å². The van der Waals surface area contributed by atoms with E-state index < -0.39 is 0 Å². The fraction of sp³-hybridized carbons (Fsp3) is 0.643. The minimum absolute atomic E-state index is 0.00398. The van der Waals surface area contributed by atoms with Crippen molar-refractivity contribution in [2.75, 3.05) is 44.2 Å².